The van der Waals surface area contributed by atoms with Gasteiger partial charge in [0.05, 0.1) is 7.11 Å². The molecule has 1 aromatic carbocycles. The van der Waals surface area contributed by atoms with E-state index < -0.39 is 5.60 Å². The lowest BCUT2D eigenvalue weighted by molar-refractivity contribution is -0.117. The largest absolute Gasteiger partial charge is 0.492 e. The number of carbonyl (C=O) groups is 1. The molecule has 208 valence electrons. The number of nitrogens with zero attached hydrogens (tertiary/aromatic N) is 1. The predicted molar refractivity (Wildman–Crippen MR) is 148 cm³/mol. The number of rotatable bonds is 1. The van der Waals surface area contributed by atoms with E-state index in [1.165, 1.54) is 17.6 Å². The SMILES string of the molecule is COc1c2c(cc3c1[C@@H](C#C[C@@]1(O)C[C@H]4[C@@H]5CCC6=CC(=O)CC[C@]6(C)[C@H]5CC[C@]4(C)C1)N(C)CC3)OCO2. The molecule has 1 aromatic rings. The molecule has 0 amide bonds. The summed E-state index contributed by atoms with van der Waals surface area (Å²) in [6.45, 7) is 5.90. The quantitative estimate of drug-likeness (QED) is 0.502. The Balaban J connectivity index is 1.19. The molecule has 3 fully saturated rings. The molecule has 1 N–H and O–H groups in total. The number of benzene rings is 1. The van der Waals surface area contributed by atoms with Gasteiger partial charge in [0, 0.05) is 18.5 Å². The van der Waals surface area contributed by atoms with E-state index >= 15 is 0 Å². The summed E-state index contributed by atoms with van der Waals surface area (Å²) in [7, 11) is 3.77. The molecule has 7 rings (SSSR count). The Morgan fingerprint density at radius 1 is 1.13 bits per heavy atom. The number of carbonyl (C=O) groups excluding carboxylic acids is 1. The molecule has 0 radical (unpaired) electrons. The summed E-state index contributed by atoms with van der Waals surface area (Å²) in [6, 6.07) is 1.90. The summed E-state index contributed by atoms with van der Waals surface area (Å²) < 4.78 is 17.3. The van der Waals surface area contributed by atoms with Gasteiger partial charge < -0.3 is 19.3 Å². The zero-order valence-electron chi connectivity index (χ0n) is 23.8. The zero-order valence-corrected chi connectivity index (χ0v) is 23.8. The number of allylic oxidation sites excluding steroid dienone is 1. The maximum absolute atomic E-state index is 12.2. The number of likely N-dealkylation sites (N-methyl/N-ethyl adjacent to an activating group) is 1. The van der Waals surface area contributed by atoms with Crippen LogP contribution in [0.4, 0.5) is 0 Å². The van der Waals surface area contributed by atoms with Crippen LogP contribution in [0, 0.1) is 40.4 Å². The first kappa shape index (κ1) is 25.5. The van der Waals surface area contributed by atoms with Crippen molar-refractivity contribution in [2.75, 3.05) is 27.5 Å². The molecule has 6 aliphatic rings. The Kier molecular flexibility index (Phi) is 5.72. The number of ketones is 1. The molecule has 3 saturated carbocycles. The van der Waals surface area contributed by atoms with Gasteiger partial charge in [0.25, 0.3) is 0 Å². The third kappa shape index (κ3) is 3.79. The van der Waals surface area contributed by atoms with Crippen LogP contribution in [0.15, 0.2) is 17.7 Å². The second-order valence-electron chi connectivity index (χ2n) is 13.7. The highest BCUT2D eigenvalue weighted by molar-refractivity contribution is 5.91. The molecule has 0 unspecified atom stereocenters. The number of hydrogen-bond donors (Lipinski definition) is 1. The molecule has 0 bridgehead atoms. The standard InChI is InChI=1S/C33H41NO5/c1-31-11-8-24-23(6-5-21-16-22(35)7-12-32(21,24)2)25(31)17-33(36,18-31)13-9-26-28-20(10-14-34(26)3)15-27-29(30(28)37-4)39-19-38-27/h15-16,23-26,36H,5-8,10-12,14,17-19H2,1-4H3/t23-,24+,25+,26-,31-,32+,33-/m1/s1. The first-order valence-corrected chi connectivity index (χ1v) is 14.8. The van der Waals surface area contributed by atoms with Gasteiger partial charge >= 0.3 is 0 Å². The molecular weight excluding hydrogens is 490 g/mol. The molecule has 2 aliphatic heterocycles. The number of hydrogen-bond acceptors (Lipinski definition) is 6. The Labute approximate surface area is 232 Å². The fraction of sp³-hybridized carbons (Fsp3) is 0.667. The lowest BCUT2D eigenvalue weighted by Gasteiger charge is -2.57. The van der Waals surface area contributed by atoms with Crippen LogP contribution in [-0.2, 0) is 11.2 Å². The molecular formula is C33H41NO5. The van der Waals surface area contributed by atoms with Crippen molar-refractivity contribution in [1.82, 2.24) is 4.90 Å². The molecule has 7 atom stereocenters. The number of ether oxygens (including phenoxy) is 3. The molecule has 39 heavy (non-hydrogen) atoms. The van der Waals surface area contributed by atoms with Crippen LogP contribution in [0.3, 0.4) is 0 Å². The van der Waals surface area contributed by atoms with Crippen LogP contribution in [0.5, 0.6) is 17.2 Å². The summed E-state index contributed by atoms with van der Waals surface area (Å²) in [5.41, 5.74) is 2.87. The van der Waals surface area contributed by atoms with Crippen LogP contribution in [0.1, 0.15) is 82.4 Å². The third-order valence-corrected chi connectivity index (χ3v) is 11.6. The zero-order chi connectivity index (χ0) is 27.2. The molecule has 4 aliphatic carbocycles. The predicted octanol–water partition coefficient (Wildman–Crippen LogP) is 5.22. The third-order valence-electron chi connectivity index (χ3n) is 11.6. The lowest BCUT2D eigenvalue weighted by Crippen LogP contribution is -2.49. The molecule has 6 heteroatoms. The van der Waals surface area contributed by atoms with Crippen molar-refractivity contribution in [2.24, 2.45) is 28.6 Å². The van der Waals surface area contributed by atoms with E-state index in [-0.39, 0.29) is 23.7 Å². The Hall–Kier alpha value is -2.49. The fourth-order valence-electron chi connectivity index (χ4n) is 9.59. The van der Waals surface area contributed by atoms with Crippen molar-refractivity contribution in [2.45, 2.75) is 83.3 Å². The van der Waals surface area contributed by atoms with Gasteiger partial charge in [-0.1, -0.05) is 31.3 Å². The fourth-order valence-corrected chi connectivity index (χ4v) is 9.59. The normalized spacial score (nSPS) is 40.4. The van der Waals surface area contributed by atoms with E-state index in [1.807, 2.05) is 6.08 Å². The Morgan fingerprint density at radius 2 is 1.97 bits per heavy atom. The van der Waals surface area contributed by atoms with Gasteiger partial charge in [-0.15, -0.1) is 0 Å². The second-order valence-corrected chi connectivity index (χ2v) is 13.7. The van der Waals surface area contributed by atoms with Gasteiger partial charge in [-0.3, -0.25) is 9.69 Å². The first-order valence-electron chi connectivity index (χ1n) is 14.8. The van der Waals surface area contributed by atoms with Gasteiger partial charge in [0.1, 0.15) is 11.6 Å². The highest BCUT2D eigenvalue weighted by Crippen LogP contribution is 2.66. The van der Waals surface area contributed by atoms with Gasteiger partial charge in [-0.05, 0) is 105 Å². The minimum absolute atomic E-state index is 0.104. The van der Waals surface area contributed by atoms with E-state index in [4.69, 9.17) is 14.2 Å². The summed E-state index contributed by atoms with van der Waals surface area (Å²) in [5, 5.41) is 12.0. The van der Waals surface area contributed by atoms with Crippen LogP contribution in [0.2, 0.25) is 0 Å². The summed E-state index contributed by atoms with van der Waals surface area (Å²) in [6.07, 6.45) is 10.5. The minimum Gasteiger partial charge on any atom is -0.492 e. The van der Waals surface area contributed by atoms with E-state index in [9.17, 15) is 9.90 Å². The van der Waals surface area contributed by atoms with E-state index in [2.05, 4.69) is 43.7 Å². The average molecular weight is 532 g/mol. The van der Waals surface area contributed by atoms with Crippen LogP contribution in [-0.4, -0.2) is 48.9 Å². The van der Waals surface area contributed by atoms with E-state index in [0.717, 1.165) is 62.8 Å². The summed E-state index contributed by atoms with van der Waals surface area (Å²) in [5.74, 6) is 11.1. The molecule has 0 aromatic heterocycles. The van der Waals surface area contributed by atoms with Gasteiger partial charge in [-0.2, -0.15) is 0 Å². The van der Waals surface area contributed by atoms with Gasteiger partial charge in [0.15, 0.2) is 17.3 Å². The van der Waals surface area contributed by atoms with Crippen molar-refractivity contribution in [1.29, 1.82) is 0 Å². The van der Waals surface area contributed by atoms with Gasteiger partial charge in [0.2, 0.25) is 12.5 Å². The summed E-state index contributed by atoms with van der Waals surface area (Å²) in [4.78, 5) is 14.4. The van der Waals surface area contributed by atoms with Crippen molar-refractivity contribution in [3.8, 4) is 29.1 Å². The van der Waals surface area contributed by atoms with E-state index in [0.29, 0.717) is 41.5 Å². The van der Waals surface area contributed by atoms with E-state index in [1.54, 1.807) is 7.11 Å². The monoisotopic (exact) mass is 531 g/mol. The Bertz CT molecular complexity index is 1320. The molecule has 0 saturated heterocycles. The Morgan fingerprint density at radius 3 is 2.79 bits per heavy atom. The smallest absolute Gasteiger partial charge is 0.231 e. The maximum atomic E-state index is 12.2. The minimum atomic E-state index is -0.990. The number of fused-ring (bicyclic) bond motifs is 7. The summed E-state index contributed by atoms with van der Waals surface area (Å²) >= 11 is 0. The van der Waals surface area contributed by atoms with Crippen LogP contribution < -0.4 is 14.2 Å². The van der Waals surface area contributed by atoms with Crippen LogP contribution >= 0.6 is 0 Å². The number of aliphatic hydroxyl groups is 1. The van der Waals surface area contributed by atoms with Crippen molar-refractivity contribution < 1.29 is 24.1 Å². The average Bonchev–Trinajstić information content (AvgIpc) is 3.48. The lowest BCUT2D eigenvalue weighted by atomic mass is 9.47. The topological polar surface area (TPSA) is 68.2 Å². The molecule has 6 nitrogen and oxygen atoms in total. The van der Waals surface area contributed by atoms with Crippen molar-refractivity contribution in [3.05, 3.63) is 28.8 Å². The number of methoxy groups -OCH3 is 1. The highest BCUT2D eigenvalue weighted by Gasteiger charge is 2.60. The maximum Gasteiger partial charge on any atom is 0.231 e. The first-order chi connectivity index (χ1) is 18.6. The molecule has 2 heterocycles. The van der Waals surface area contributed by atoms with Crippen LogP contribution in [0.25, 0.3) is 0 Å². The van der Waals surface area contributed by atoms with Crippen molar-refractivity contribution >= 4 is 5.78 Å². The highest BCUT2D eigenvalue weighted by atomic mass is 16.7. The van der Waals surface area contributed by atoms with Crippen molar-refractivity contribution in [3.63, 3.8) is 0 Å². The van der Waals surface area contributed by atoms with Gasteiger partial charge in [-0.25, -0.2) is 0 Å². The molecule has 0 spiro atoms. The second kappa shape index (κ2) is 8.75.